The lowest BCUT2D eigenvalue weighted by molar-refractivity contribution is -0.120. The fourth-order valence-corrected chi connectivity index (χ4v) is 4.05. The maximum atomic E-state index is 12.6. The Morgan fingerprint density at radius 2 is 2.13 bits per heavy atom. The summed E-state index contributed by atoms with van der Waals surface area (Å²) >= 11 is 9.60. The Morgan fingerprint density at radius 1 is 1.39 bits per heavy atom. The van der Waals surface area contributed by atoms with Gasteiger partial charge in [-0.2, -0.15) is 0 Å². The fraction of sp³-hybridized carbons (Fsp3) is 0.278. The lowest BCUT2D eigenvalue weighted by Crippen LogP contribution is -2.39. The third-order valence-corrected chi connectivity index (χ3v) is 4.75. The van der Waals surface area contributed by atoms with Gasteiger partial charge in [0, 0.05) is 16.2 Å². The summed E-state index contributed by atoms with van der Waals surface area (Å²) < 4.78 is 6.61. The van der Waals surface area contributed by atoms with Crippen LogP contribution in [0.25, 0.3) is 0 Å². The largest absolute Gasteiger partial charge is 0.482 e. The predicted molar refractivity (Wildman–Crippen MR) is 96.5 cm³/mol. The van der Waals surface area contributed by atoms with Crippen molar-refractivity contribution in [3.8, 4) is 5.75 Å². The van der Waals surface area contributed by atoms with E-state index in [1.54, 1.807) is 6.07 Å². The van der Waals surface area contributed by atoms with E-state index in [2.05, 4.69) is 28.9 Å². The molecular weight excluding hydrogens is 378 g/mol. The Morgan fingerprint density at radius 3 is 2.87 bits per heavy atom. The number of amides is 1. The van der Waals surface area contributed by atoms with Gasteiger partial charge in [0.25, 0.3) is 5.91 Å². The van der Waals surface area contributed by atoms with E-state index in [1.807, 2.05) is 36.1 Å². The van der Waals surface area contributed by atoms with Gasteiger partial charge in [0.05, 0.1) is 5.02 Å². The zero-order chi connectivity index (χ0) is 16.6. The van der Waals surface area contributed by atoms with E-state index in [-0.39, 0.29) is 18.6 Å². The molecule has 0 aromatic heterocycles. The summed E-state index contributed by atoms with van der Waals surface area (Å²) in [7, 11) is 0. The summed E-state index contributed by atoms with van der Waals surface area (Å²) in [5.41, 5.74) is 3.07. The number of hydrogen-bond acceptors (Lipinski definition) is 2. The van der Waals surface area contributed by atoms with Crippen molar-refractivity contribution in [2.45, 2.75) is 26.3 Å². The SMILES string of the molecule is Cc1cc(Br)cc(Cl)c1OCC(=O)N1c2ccccc2C[C@@H]1C. The quantitative estimate of drug-likeness (QED) is 0.750. The third-order valence-electron chi connectivity index (χ3n) is 4.01. The molecule has 1 heterocycles. The highest BCUT2D eigenvalue weighted by Gasteiger charge is 2.30. The Kier molecular flexibility index (Phi) is 4.64. The highest BCUT2D eigenvalue weighted by molar-refractivity contribution is 9.10. The summed E-state index contributed by atoms with van der Waals surface area (Å²) in [6, 6.07) is 11.8. The molecule has 120 valence electrons. The number of para-hydroxylation sites is 1. The molecule has 1 amide bonds. The molecule has 0 unspecified atom stereocenters. The van der Waals surface area contributed by atoms with E-state index in [1.165, 1.54) is 5.56 Å². The standard InChI is InChI=1S/C18H17BrClNO2/c1-11-7-14(19)9-15(20)18(11)23-10-17(22)21-12(2)8-13-5-3-4-6-16(13)21/h3-7,9,12H,8,10H2,1-2H3/t12-/m0/s1. The average molecular weight is 395 g/mol. The van der Waals surface area contributed by atoms with Crippen molar-refractivity contribution in [1.29, 1.82) is 0 Å². The average Bonchev–Trinajstić information content (AvgIpc) is 2.81. The first-order valence-electron chi connectivity index (χ1n) is 7.46. The van der Waals surface area contributed by atoms with Gasteiger partial charge in [-0.25, -0.2) is 0 Å². The molecule has 1 aliphatic heterocycles. The van der Waals surface area contributed by atoms with E-state index in [4.69, 9.17) is 16.3 Å². The van der Waals surface area contributed by atoms with Gasteiger partial charge < -0.3 is 9.64 Å². The molecule has 2 aromatic carbocycles. The fourth-order valence-electron chi connectivity index (χ4n) is 3.02. The number of aryl methyl sites for hydroxylation is 1. The third kappa shape index (κ3) is 3.24. The van der Waals surface area contributed by atoms with Crippen LogP contribution in [-0.2, 0) is 11.2 Å². The maximum Gasteiger partial charge on any atom is 0.265 e. The molecule has 3 nitrogen and oxygen atoms in total. The van der Waals surface area contributed by atoms with Crippen LogP contribution in [0.1, 0.15) is 18.1 Å². The topological polar surface area (TPSA) is 29.5 Å². The van der Waals surface area contributed by atoms with E-state index in [0.29, 0.717) is 10.8 Å². The van der Waals surface area contributed by atoms with E-state index >= 15 is 0 Å². The van der Waals surface area contributed by atoms with Gasteiger partial charge in [0.15, 0.2) is 6.61 Å². The number of rotatable bonds is 3. The summed E-state index contributed by atoms with van der Waals surface area (Å²) in [5.74, 6) is 0.504. The molecule has 3 rings (SSSR count). The van der Waals surface area contributed by atoms with Crippen molar-refractivity contribution in [2.24, 2.45) is 0 Å². The number of benzene rings is 2. The second-order valence-electron chi connectivity index (χ2n) is 5.77. The van der Waals surface area contributed by atoms with Crippen molar-refractivity contribution in [1.82, 2.24) is 0 Å². The van der Waals surface area contributed by atoms with Crippen LogP contribution in [0.4, 0.5) is 5.69 Å². The van der Waals surface area contributed by atoms with Crippen LogP contribution in [0.3, 0.4) is 0 Å². The van der Waals surface area contributed by atoms with Gasteiger partial charge in [0.1, 0.15) is 5.75 Å². The second kappa shape index (κ2) is 6.54. The molecule has 0 saturated heterocycles. The second-order valence-corrected chi connectivity index (χ2v) is 7.09. The van der Waals surface area contributed by atoms with Crippen molar-refractivity contribution >= 4 is 39.1 Å². The first-order valence-corrected chi connectivity index (χ1v) is 8.63. The number of fused-ring (bicyclic) bond motifs is 1. The molecule has 0 saturated carbocycles. The van der Waals surface area contributed by atoms with Crippen molar-refractivity contribution in [3.05, 3.63) is 57.0 Å². The number of anilines is 1. The van der Waals surface area contributed by atoms with Crippen molar-refractivity contribution in [2.75, 3.05) is 11.5 Å². The highest BCUT2D eigenvalue weighted by atomic mass is 79.9. The summed E-state index contributed by atoms with van der Waals surface area (Å²) in [6.45, 7) is 3.93. The van der Waals surface area contributed by atoms with Crippen LogP contribution in [-0.4, -0.2) is 18.6 Å². The molecule has 1 aliphatic rings. The molecule has 0 aliphatic carbocycles. The Hall–Kier alpha value is -1.52. The Labute approximate surface area is 149 Å². The van der Waals surface area contributed by atoms with Crippen LogP contribution >= 0.6 is 27.5 Å². The number of halogens is 2. The molecule has 0 radical (unpaired) electrons. The number of hydrogen-bond donors (Lipinski definition) is 0. The van der Waals surface area contributed by atoms with Gasteiger partial charge in [0.2, 0.25) is 0 Å². The molecular formula is C18H17BrClNO2. The molecule has 23 heavy (non-hydrogen) atoms. The van der Waals surface area contributed by atoms with Gasteiger partial charge >= 0.3 is 0 Å². The van der Waals surface area contributed by atoms with Gasteiger partial charge in [-0.15, -0.1) is 0 Å². The van der Waals surface area contributed by atoms with E-state index in [9.17, 15) is 4.79 Å². The molecule has 0 spiro atoms. The first kappa shape index (κ1) is 16.3. The smallest absolute Gasteiger partial charge is 0.265 e. The molecule has 2 aromatic rings. The monoisotopic (exact) mass is 393 g/mol. The highest BCUT2D eigenvalue weighted by Crippen LogP contribution is 2.34. The minimum atomic E-state index is -0.0548. The zero-order valence-corrected chi connectivity index (χ0v) is 15.3. The number of carbonyl (C=O) groups is 1. The molecule has 0 N–H and O–H groups in total. The molecule has 1 atom stereocenters. The summed E-state index contributed by atoms with van der Waals surface area (Å²) in [6.07, 6.45) is 0.875. The van der Waals surface area contributed by atoms with Crippen LogP contribution in [0.2, 0.25) is 5.02 Å². The van der Waals surface area contributed by atoms with Crippen LogP contribution < -0.4 is 9.64 Å². The minimum absolute atomic E-state index is 0.0269. The van der Waals surface area contributed by atoms with Crippen molar-refractivity contribution in [3.63, 3.8) is 0 Å². The number of ether oxygens (including phenoxy) is 1. The normalized spacial score (nSPS) is 16.3. The molecule has 0 fully saturated rings. The Bertz CT molecular complexity index is 739. The number of carbonyl (C=O) groups excluding carboxylic acids is 1. The molecule has 0 bridgehead atoms. The summed E-state index contributed by atoms with van der Waals surface area (Å²) in [4.78, 5) is 14.4. The lowest BCUT2D eigenvalue weighted by Gasteiger charge is -2.23. The first-order chi connectivity index (χ1) is 11.0. The van der Waals surface area contributed by atoms with E-state index < -0.39 is 0 Å². The van der Waals surface area contributed by atoms with Gasteiger partial charge in [-0.1, -0.05) is 45.7 Å². The van der Waals surface area contributed by atoms with Crippen LogP contribution in [0.15, 0.2) is 40.9 Å². The van der Waals surface area contributed by atoms with Gasteiger partial charge in [-0.3, -0.25) is 4.79 Å². The Balaban J connectivity index is 1.76. The number of nitrogens with zero attached hydrogens (tertiary/aromatic N) is 1. The lowest BCUT2D eigenvalue weighted by atomic mass is 10.1. The zero-order valence-electron chi connectivity index (χ0n) is 13.0. The summed E-state index contributed by atoms with van der Waals surface area (Å²) in [5, 5.41) is 0.500. The maximum absolute atomic E-state index is 12.6. The van der Waals surface area contributed by atoms with Crippen LogP contribution in [0.5, 0.6) is 5.75 Å². The van der Waals surface area contributed by atoms with Crippen molar-refractivity contribution < 1.29 is 9.53 Å². The van der Waals surface area contributed by atoms with Gasteiger partial charge in [-0.05, 0) is 49.6 Å². The predicted octanol–water partition coefficient (Wildman–Crippen LogP) is 4.77. The van der Waals surface area contributed by atoms with E-state index in [0.717, 1.165) is 22.1 Å². The minimum Gasteiger partial charge on any atom is -0.482 e. The molecule has 5 heteroatoms. The van der Waals surface area contributed by atoms with Crippen LogP contribution in [0, 0.1) is 6.92 Å².